The molecule has 0 spiro atoms. The Hall–Kier alpha value is -1.50. The van der Waals surface area contributed by atoms with Crippen LogP contribution in [0.5, 0.6) is 0 Å². The van der Waals surface area contributed by atoms with E-state index in [0.717, 1.165) is 4.90 Å². The van der Waals surface area contributed by atoms with Crippen LogP contribution in [0.3, 0.4) is 0 Å². The summed E-state index contributed by atoms with van der Waals surface area (Å²) in [5.74, 6) is 0. The van der Waals surface area contributed by atoms with Gasteiger partial charge in [-0.15, -0.1) is 0 Å². The highest BCUT2D eigenvalue weighted by Gasteiger charge is 2.20. The summed E-state index contributed by atoms with van der Waals surface area (Å²) in [5, 5.41) is 3.29. The highest BCUT2D eigenvalue weighted by molar-refractivity contribution is 5.68. The SMILES string of the molecule is [CH]N(CCOCCOCCN=[N+]=[N-])C(=O)OC([CH])([CH])[CH]. The van der Waals surface area contributed by atoms with Crippen molar-refractivity contribution in [3.8, 4) is 0 Å². The van der Waals surface area contributed by atoms with Crippen molar-refractivity contribution in [2.24, 2.45) is 5.11 Å². The van der Waals surface area contributed by atoms with E-state index in [1.54, 1.807) is 0 Å². The molecule has 0 aliphatic rings. The first-order valence-electron chi connectivity index (χ1n) is 5.65. The number of carbonyl (C=O) groups is 1. The highest BCUT2D eigenvalue weighted by Crippen LogP contribution is 2.07. The molecule has 0 rings (SSSR count). The predicted molar refractivity (Wildman–Crippen MR) is 68.8 cm³/mol. The van der Waals surface area contributed by atoms with E-state index in [9.17, 15) is 4.79 Å². The first-order chi connectivity index (χ1) is 9.37. The Morgan fingerprint density at radius 2 is 1.80 bits per heavy atom. The largest absolute Gasteiger partial charge is 0.442 e. The summed E-state index contributed by atoms with van der Waals surface area (Å²) in [4.78, 5) is 14.5. The van der Waals surface area contributed by atoms with Gasteiger partial charge in [0.1, 0.15) is 5.60 Å². The van der Waals surface area contributed by atoms with Gasteiger partial charge in [-0.2, -0.15) is 0 Å². The number of hydrogen-bond acceptors (Lipinski definition) is 5. The normalized spacial score (nSPS) is 10.8. The predicted octanol–water partition coefficient (Wildman–Crippen LogP) is 1.31. The zero-order chi connectivity index (χ0) is 15.4. The topological polar surface area (TPSA) is 96.8 Å². The number of nitrogens with zero attached hydrogens (tertiary/aromatic N) is 4. The molecule has 0 bridgehead atoms. The van der Waals surface area contributed by atoms with Crippen LogP contribution in [-0.2, 0) is 14.2 Å². The molecule has 8 nitrogen and oxygen atoms in total. The van der Waals surface area contributed by atoms with Gasteiger partial charge in [-0.05, 0) is 5.53 Å². The van der Waals surface area contributed by atoms with Gasteiger partial charge in [-0.1, -0.05) is 5.11 Å². The van der Waals surface area contributed by atoms with Crippen molar-refractivity contribution in [1.82, 2.24) is 4.90 Å². The van der Waals surface area contributed by atoms with E-state index >= 15 is 0 Å². The second-order valence-electron chi connectivity index (χ2n) is 3.59. The minimum Gasteiger partial charge on any atom is -0.442 e. The zero-order valence-corrected chi connectivity index (χ0v) is 11.0. The molecule has 0 fully saturated rings. The van der Waals surface area contributed by atoms with E-state index in [0.29, 0.717) is 19.8 Å². The quantitative estimate of drug-likeness (QED) is 0.198. The van der Waals surface area contributed by atoms with Crippen LogP contribution >= 0.6 is 0 Å². The molecule has 0 aromatic rings. The molecular formula is C12H16N4O4. The summed E-state index contributed by atoms with van der Waals surface area (Å²) in [5.41, 5.74) is 5.93. The standard InChI is InChI=1S/C12H16N4O4/c1-12(2,3)20-11(17)16(4)6-8-19-10-9-18-7-5-14-15-13/h1-4H,5-10H2. The number of rotatable bonds is 10. The fourth-order valence-electron chi connectivity index (χ4n) is 0.936. The lowest BCUT2D eigenvalue weighted by molar-refractivity contribution is 0.0371. The smallest absolute Gasteiger partial charge is 0.410 e. The summed E-state index contributed by atoms with van der Waals surface area (Å²) >= 11 is 0. The molecule has 0 saturated heterocycles. The van der Waals surface area contributed by atoms with Gasteiger partial charge in [-0.3, -0.25) is 4.90 Å². The van der Waals surface area contributed by atoms with Gasteiger partial charge in [0.25, 0.3) is 0 Å². The van der Waals surface area contributed by atoms with Crippen molar-refractivity contribution in [2.75, 3.05) is 39.5 Å². The van der Waals surface area contributed by atoms with Gasteiger partial charge in [0, 0.05) is 38.8 Å². The zero-order valence-electron chi connectivity index (χ0n) is 11.0. The third-order valence-corrected chi connectivity index (χ3v) is 1.75. The van der Waals surface area contributed by atoms with Crippen molar-refractivity contribution >= 4 is 6.09 Å². The maximum absolute atomic E-state index is 11.2. The number of carbonyl (C=O) groups excluding carboxylic acids is 1. The fourth-order valence-corrected chi connectivity index (χ4v) is 0.936. The highest BCUT2D eigenvalue weighted by atomic mass is 16.6. The van der Waals surface area contributed by atoms with E-state index in [-0.39, 0.29) is 19.7 Å². The summed E-state index contributed by atoms with van der Waals surface area (Å²) in [6.07, 6.45) is -0.966. The number of amides is 1. The molecule has 108 valence electrons. The molecule has 8 heteroatoms. The Balaban J connectivity index is 3.50. The van der Waals surface area contributed by atoms with Gasteiger partial charge in [0.05, 0.1) is 33.5 Å². The molecular weight excluding hydrogens is 264 g/mol. The average Bonchev–Trinajstić information content (AvgIpc) is 2.34. The van der Waals surface area contributed by atoms with E-state index in [1.807, 2.05) is 0 Å². The second kappa shape index (κ2) is 10.3. The minimum absolute atomic E-state index is 0.0631. The molecule has 0 aliphatic heterocycles. The third kappa shape index (κ3) is 11.6. The Labute approximate surface area is 119 Å². The van der Waals surface area contributed by atoms with E-state index in [2.05, 4.69) is 14.8 Å². The fraction of sp³-hybridized carbons (Fsp3) is 0.583. The van der Waals surface area contributed by atoms with E-state index in [4.69, 9.17) is 42.8 Å². The lowest BCUT2D eigenvalue weighted by atomic mass is 10.2. The van der Waals surface area contributed by atoms with Crippen LogP contribution in [0.2, 0.25) is 0 Å². The van der Waals surface area contributed by atoms with Crippen LogP contribution < -0.4 is 0 Å². The van der Waals surface area contributed by atoms with Crippen molar-refractivity contribution in [2.45, 2.75) is 5.60 Å². The van der Waals surface area contributed by atoms with Crippen molar-refractivity contribution in [1.29, 1.82) is 0 Å². The van der Waals surface area contributed by atoms with Gasteiger partial charge >= 0.3 is 6.09 Å². The summed E-state index contributed by atoms with van der Waals surface area (Å²) in [6.45, 7) is 16.6. The van der Waals surface area contributed by atoms with Crippen LogP contribution in [0.4, 0.5) is 4.79 Å². The monoisotopic (exact) mass is 280 g/mol. The van der Waals surface area contributed by atoms with Crippen LogP contribution in [-0.4, -0.2) is 56.1 Å². The van der Waals surface area contributed by atoms with Gasteiger partial charge in [0.2, 0.25) is 0 Å². The van der Waals surface area contributed by atoms with E-state index < -0.39 is 11.7 Å². The van der Waals surface area contributed by atoms with Crippen LogP contribution in [0.15, 0.2) is 5.11 Å². The summed E-state index contributed by atoms with van der Waals surface area (Å²) in [6, 6.07) is 0. The summed E-state index contributed by atoms with van der Waals surface area (Å²) in [7, 11) is 5.35. The molecule has 0 saturated carbocycles. The molecule has 0 N–H and O–H groups in total. The molecule has 0 aromatic heterocycles. The average molecular weight is 280 g/mol. The van der Waals surface area contributed by atoms with Crippen LogP contribution in [0.25, 0.3) is 10.4 Å². The first kappa shape index (κ1) is 18.5. The third-order valence-electron chi connectivity index (χ3n) is 1.75. The van der Waals surface area contributed by atoms with Gasteiger partial charge < -0.3 is 14.2 Å². The Bertz CT molecular complexity index is 324. The second-order valence-corrected chi connectivity index (χ2v) is 3.59. The molecule has 0 unspecified atom stereocenters. The van der Waals surface area contributed by atoms with Crippen molar-refractivity contribution in [3.05, 3.63) is 38.3 Å². The molecule has 1 amide bonds. The minimum atomic E-state index is -2.07. The maximum atomic E-state index is 11.2. The Morgan fingerprint density at radius 3 is 2.35 bits per heavy atom. The molecule has 8 radical (unpaired) electrons. The molecule has 0 aliphatic carbocycles. The van der Waals surface area contributed by atoms with Crippen LogP contribution in [0, 0.1) is 27.8 Å². The Kier molecular flexibility index (Phi) is 9.53. The van der Waals surface area contributed by atoms with Crippen molar-refractivity contribution in [3.63, 3.8) is 0 Å². The molecule has 20 heavy (non-hydrogen) atoms. The molecule has 0 heterocycles. The number of hydrogen-bond donors (Lipinski definition) is 0. The lowest BCUT2D eigenvalue weighted by Gasteiger charge is -2.23. The lowest BCUT2D eigenvalue weighted by Crippen LogP contribution is -2.35. The molecule has 0 aromatic carbocycles. The maximum Gasteiger partial charge on any atom is 0.410 e. The first-order valence-corrected chi connectivity index (χ1v) is 5.65. The summed E-state index contributed by atoms with van der Waals surface area (Å²) < 4.78 is 14.6. The van der Waals surface area contributed by atoms with Crippen molar-refractivity contribution < 1.29 is 19.0 Å². The Morgan fingerprint density at radius 1 is 1.20 bits per heavy atom. The van der Waals surface area contributed by atoms with Gasteiger partial charge in [0.15, 0.2) is 0 Å². The number of ether oxygens (including phenoxy) is 3. The van der Waals surface area contributed by atoms with E-state index in [1.165, 1.54) is 0 Å². The molecule has 0 atom stereocenters. The van der Waals surface area contributed by atoms with Gasteiger partial charge in [-0.25, -0.2) is 4.79 Å². The number of azide groups is 1. The van der Waals surface area contributed by atoms with Crippen LogP contribution in [0.1, 0.15) is 0 Å².